The molecule has 0 saturated heterocycles. The molecule has 0 unspecified atom stereocenters. The van der Waals surface area contributed by atoms with E-state index in [0.717, 1.165) is 33.4 Å². The molecule has 2 heteroatoms. The van der Waals surface area contributed by atoms with E-state index in [1.807, 2.05) is 72.8 Å². The predicted octanol–water partition coefficient (Wildman–Crippen LogP) is 6.44. The lowest BCUT2D eigenvalue weighted by Gasteiger charge is -2.02. The van der Waals surface area contributed by atoms with Crippen molar-refractivity contribution in [2.24, 2.45) is 0 Å². The van der Waals surface area contributed by atoms with E-state index in [-0.39, 0.29) is 0 Å². The van der Waals surface area contributed by atoms with Crippen molar-refractivity contribution in [3.05, 3.63) is 144 Å². The standard InChI is InChI=1S/C36H24N2/c37-35-19-11-9-17-33(35)15-7-3-1-5-13-29-21-25-31(26-22-29)32-27-23-30(24-28-32)14-6-2-4-8-16-34-18-10-12-20-36(34)38/h1-4,9-12,17-28H,37-38H2/b3-1-,4-2-. The van der Waals surface area contributed by atoms with Crippen molar-refractivity contribution in [3.8, 4) is 58.5 Å². The van der Waals surface area contributed by atoms with Gasteiger partial charge >= 0.3 is 0 Å². The summed E-state index contributed by atoms with van der Waals surface area (Å²) in [6.07, 6.45) is 6.92. The third-order valence-electron chi connectivity index (χ3n) is 5.37. The Morgan fingerprint density at radius 2 is 0.737 bits per heavy atom. The van der Waals surface area contributed by atoms with Crippen molar-refractivity contribution in [2.45, 2.75) is 0 Å². The summed E-state index contributed by atoms with van der Waals surface area (Å²) in [5.41, 5.74) is 18.8. The molecule has 0 fully saturated rings. The van der Waals surface area contributed by atoms with Crippen molar-refractivity contribution in [3.63, 3.8) is 0 Å². The summed E-state index contributed by atoms with van der Waals surface area (Å²) in [6.45, 7) is 0. The van der Waals surface area contributed by atoms with Crippen LogP contribution < -0.4 is 11.5 Å². The lowest BCUT2D eigenvalue weighted by molar-refractivity contribution is 1.58. The quantitative estimate of drug-likeness (QED) is 0.241. The summed E-state index contributed by atoms with van der Waals surface area (Å²) in [5, 5.41) is 0. The van der Waals surface area contributed by atoms with Gasteiger partial charge < -0.3 is 11.5 Å². The molecule has 4 N–H and O–H groups in total. The number of hydrogen-bond donors (Lipinski definition) is 2. The number of allylic oxidation sites excluding steroid dienone is 4. The molecule has 0 atom stereocenters. The summed E-state index contributed by atoms with van der Waals surface area (Å²) in [7, 11) is 0. The van der Waals surface area contributed by atoms with Gasteiger partial charge in [-0.25, -0.2) is 0 Å². The average molecular weight is 485 g/mol. The van der Waals surface area contributed by atoms with Gasteiger partial charge in [-0.1, -0.05) is 95.9 Å². The van der Waals surface area contributed by atoms with Gasteiger partial charge in [0.05, 0.1) is 0 Å². The molecule has 4 rings (SSSR count). The van der Waals surface area contributed by atoms with Gasteiger partial charge in [0.15, 0.2) is 0 Å². The third kappa shape index (κ3) is 7.60. The SMILES string of the molecule is Nc1ccccc1C#C/C=C\C#Cc1ccc(-c2ccc(C#C/C=C\C#Cc3ccccc3N)cc2)cc1. The van der Waals surface area contributed by atoms with E-state index in [4.69, 9.17) is 11.5 Å². The molecule has 0 aliphatic heterocycles. The molecule has 0 radical (unpaired) electrons. The van der Waals surface area contributed by atoms with Crippen molar-refractivity contribution < 1.29 is 0 Å². The first kappa shape index (κ1) is 25.3. The maximum Gasteiger partial charge on any atom is 0.0478 e. The topological polar surface area (TPSA) is 52.0 Å². The first-order chi connectivity index (χ1) is 18.7. The largest absolute Gasteiger partial charge is 0.398 e. The zero-order valence-corrected chi connectivity index (χ0v) is 20.7. The fourth-order valence-electron chi connectivity index (χ4n) is 3.37. The molecule has 0 heterocycles. The van der Waals surface area contributed by atoms with Gasteiger partial charge in [0.25, 0.3) is 0 Å². The Morgan fingerprint density at radius 1 is 0.395 bits per heavy atom. The lowest BCUT2D eigenvalue weighted by Crippen LogP contribution is -1.87. The van der Waals surface area contributed by atoms with Crippen LogP contribution in [0.25, 0.3) is 11.1 Å². The van der Waals surface area contributed by atoms with Gasteiger partial charge in [0.2, 0.25) is 0 Å². The highest BCUT2D eigenvalue weighted by molar-refractivity contribution is 5.65. The Kier molecular flexibility index (Phi) is 8.88. The zero-order chi connectivity index (χ0) is 26.4. The number of nitrogens with two attached hydrogens (primary N) is 2. The summed E-state index contributed by atoms with van der Waals surface area (Å²) >= 11 is 0. The van der Waals surface area contributed by atoms with Gasteiger partial charge in [-0.3, -0.25) is 0 Å². The van der Waals surface area contributed by atoms with E-state index in [2.05, 4.69) is 71.6 Å². The molecule has 4 aromatic rings. The number of anilines is 2. The second-order valence-electron chi connectivity index (χ2n) is 8.07. The number of rotatable bonds is 1. The molecule has 2 nitrogen and oxygen atoms in total. The van der Waals surface area contributed by atoms with Crippen molar-refractivity contribution in [2.75, 3.05) is 11.5 Å². The molecule has 38 heavy (non-hydrogen) atoms. The van der Waals surface area contributed by atoms with Crippen LogP contribution in [0.3, 0.4) is 0 Å². The Bertz CT molecular complexity index is 1590. The zero-order valence-electron chi connectivity index (χ0n) is 20.7. The molecule has 0 aliphatic carbocycles. The molecule has 4 aromatic carbocycles. The van der Waals surface area contributed by atoms with E-state index in [1.54, 1.807) is 24.3 Å². The minimum atomic E-state index is 0.673. The van der Waals surface area contributed by atoms with Gasteiger partial charge in [-0.2, -0.15) is 0 Å². The Balaban J connectivity index is 1.31. The van der Waals surface area contributed by atoms with E-state index in [1.165, 1.54) is 0 Å². The van der Waals surface area contributed by atoms with Crippen LogP contribution in [0.15, 0.2) is 121 Å². The van der Waals surface area contributed by atoms with Gasteiger partial charge in [-0.05, 0) is 84.0 Å². The van der Waals surface area contributed by atoms with Crippen LogP contribution in [0.1, 0.15) is 22.3 Å². The molecular weight excluding hydrogens is 460 g/mol. The van der Waals surface area contributed by atoms with Gasteiger partial charge in [-0.15, -0.1) is 0 Å². The fourth-order valence-corrected chi connectivity index (χ4v) is 3.37. The van der Waals surface area contributed by atoms with Crippen LogP contribution in [-0.2, 0) is 0 Å². The smallest absolute Gasteiger partial charge is 0.0478 e. The number of para-hydroxylation sites is 2. The number of nitrogen functional groups attached to an aromatic ring is 2. The highest BCUT2D eigenvalue weighted by Crippen LogP contribution is 2.20. The van der Waals surface area contributed by atoms with Crippen molar-refractivity contribution >= 4 is 11.4 Å². The number of benzene rings is 4. The average Bonchev–Trinajstić information content (AvgIpc) is 2.95. The molecule has 0 amide bonds. The highest BCUT2D eigenvalue weighted by atomic mass is 14.6. The fraction of sp³-hybridized carbons (Fsp3) is 0. The molecule has 0 bridgehead atoms. The first-order valence-corrected chi connectivity index (χ1v) is 11.9. The molecule has 178 valence electrons. The summed E-state index contributed by atoms with van der Waals surface area (Å²) in [4.78, 5) is 0. The Labute approximate surface area is 224 Å². The van der Waals surface area contributed by atoms with Gasteiger partial charge in [0.1, 0.15) is 0 Å². The van der Waals surface area contributed by atoms with Gasteiger partial charge in [0, 0.05) is 33.6 Å². The van der Waals surface area contributed by atoms with Crippen LogP contribution in [0, 0.1) is 47.4 Å². The van der Waals surface area contributed by atoms with Crippen molar-refractivity contribution in [1.82, 2.24) is 0 Å². The van der Waals surface area contributed by atoms with Crippen LogP contribution in [0.2, 0.25) is 0 Å². The summed E-state index contributed by atoms with van der Waals surface area (Å²) in [5.74, 6) is 24.2. The van der Waals surface area contributed by atoms with Crippen molar-refractivity contribution in [1.29, 1.82) is 0 Å². The second-order valence-corrected chi connectivity index (χ2v) is 8.07. The molecule has 0 saturated carbocycles. The van der Waals surface area contributed by atoms with Crippen LogP contribution in [0.4, 0.5) is 11.4 Å². The number of hydrogen-bond acceptors (Lipinski definition) is 2. The van der Waals surface area contributed by atoms with Crippen LogP contribution >= 0.6 is 0 Å². The molecular formula is C36H24N2. The normalized spacial score (nSPS) is 9.79. The molecule has 0 spiro atoms. The van der Waals surface area contributed by atoms with E-state index in [9.17, 15) is 0 Å². The lowest BCUT2D eigenvalue weighted by atomic mass is 10.0. The molecule has 0 aliphatic rings. The summed E-state index contributed by atoms with van der Waals surface area (Å²) < 4.78 is 0. The maximum absolute atomic E-state index is 5.88. The summed E-state index contributed by atoms with van der Waals surface area (Å²) in [6, 6.07) is 31.3. The maximum atomic E-state index is 5.88. The predicted molar refractivity (Wildman–Crippen MR) is 159 cm³/mol. The van der Waals surface area contributed by atoms with Crippen LogP contribution in [-0.4, -0.2) is 0 Å². The van der Waals surface area contributed by atoms with Crippen LogP contribution in [0.5, 0.6) is 0 Å². The highest BCUT2D eigenvalue weighted by Gasteiger charge is 1.97. The minimum absolute atomic E-state index is 0.673. The Morgan fingerprint density at radius 3 is 1.11 bits per heavy atom. The minimum Gasteiger partial charge on any atom is -0.398 e. The Hall–Kier alpha value is -5.80. The van der Waals surface area contributed by atoms with E-state index >= 15 is 0 Å². The first-order valence-electron chi connectivity index (χ1n) is 11.9. The second kappa shape index (κ2) is 13.3. The van der Waals surface area contributed by atoms with E-state index < -0.39 is 0 Å². The monoisotopic (exact) mass is 484 g/mol. The third-order valence-corrected chi connectivity index (χ3v) is 5.37. The van der Waals surface area contributed by atoms with E-state index in [0.29, 0.717) is 11.4 Å². The molecule has 0 aromatic heterocycles.